The second-order valence-corrected chi connectivity index (χ2v) is 12.6. The Morgan fingerprint density at radius 1 is 1.02 bits per heavy atom. The van der Waals surface area contributed by atoms with Gasteiger partial charge >= 0.3 is 17.9 Å². The molecule has 3 aromatic rings. The van der Waals surface area contributed by atoms with Crippen LogP contribution >= 0.6 is 0 Å². The lowest BCUT2D eigenvalue weighted by Gasteiger charge is -2.35. The third kappa shape index (κ3) is 8.33. The van der Waals surface area contributed by atoms with Crippen molar-refractivity contribution in [3.8, 4) is 11.4 Å². The number of aryl methyl sites for hydroxylation is 2. The second kappa shape index (κ2) is 17.2. The summed E-state index contributed by atoms with van der Waals surface area (Å²) in [5.41, 5.74) is 3.39. The van der Waals surface area contributed by atoms with Crippen LogP contribution in [0.3, 0.4) is 0 Å². The SMILES string of the molecule is CCc1c2c(nc3ccc(C)cc13)-c1cc3c(c(=O)n1C2)COC(=O)[C@@]3(CC)OC(=O)CNC(=O)COCCOCC(CC)OCCOCC(=O)O. The summed E-state index contributed by atoms with van der Waals surface area (Å²) in [4.78, 5) is 68.2. The van der Waals surface area contributed by atoms with E-state index in [0.717, 1.165) is 34.0 Å². The van der Waals surface area contributed by atoms with Gasteiger partial charge in [-0.2, -0.15) is 0 Å². The smallest absolute Gasteiger partial charge is 0.355 e. The number of carboxylic acids is 1. The van der Waals surface area contributed by atoms with E-state index < -0.39 is 36.0 Å². The molecule has 15 nitrogen and oxygen atoms in total. The predicted molar refractivity (Wildman–Crippen MR) is 186 cm³/mol. The lowest BCUT2D eigenvalue weighted by atomic mass is 9.85. The Balaban J connectivity index is 1.18. The molecule has 5 rings (SSSR count). The van der Waals surface area contributed by atoms with Gasteiger partial charge in [-0.05, 0) is 49.9 Å². The number of nitrogens with one attached hydrogen (secondary N) is 1. The van der Waals surface area contributed by atoms with Gasteiger partial charge in [0.2, 0.25) is 11.5 Å². The molecule has 1 aromatic carbocycles. The Kier molecular flexibility index (Phi) is 12.8. The Labute approximate surface area is 300 Å². The van der Waals surface area contributed by atoms with Gasteiger partial charge in [0.15, 0.2) is 0 Å². The lowest BCUT2D eigenvalue weighted by molar-refractivity contribution is -0.189. The number of aromatic nitrogens is 2. The zero-order valence-corrected chi connectivity index (χ0v) is 29.9. The first-order valence-electron chi connectivity index (χ1n) is 17.4. The van der Waals surface area contributed by atoms with Crippen LogP contribution in [0.1, 0.15) is 61.4 Å². The molecule has 2 N–H and O–H groups in total. The molecule has 280 valence electrons. The molecule has 15 heteroatoms. The van der Waals surface area contributed by atoms with Gasteiger partial charge < -0.3 is 43.4 Å². The van der Waals surface area contributed by atoms with Crippen LogP contribution in [-0.4, -0.2) is 97.4 Å². The van der Waals surface area contributed by atoms with Crippen molar-refractivity contribution in [3.05, 3.63) is 62.4 Å². The van der Waals surface area contributed by atoms with E-state index in [0.29, 0.717) is 24.4 Å². The molecule has 0 bridgehead atoms. The van der Waals surface area contributed by atoms with Gasteiger partial charge in [-0.3, -0.25) is 14.4 Å². The fourth-order valence-corrected chi connectivity index (χ4v) is 6.50. The Morgan fingerprint density at radius 3 is 2.50 bits per heavy atom. The number of benzene rings is 1. The highest BCUT2D eigenvalue weighted by Crippen LogP contribution is 2.42. The minimum Gasteiger partial charge on any atom is -0.480 e. The molecule has 2 aliphatic heterocycles. The molecule has 0 saturated heterocycles. The molecule has 0 spiro atoms. The van der Waals surface area contributed by atoms with Gasteiger partial charge in [0.25, 0.3) is 5.56 Å². The highest BCUT2D eigenvalue weighted by Gasteiger charge is 2.50. The number of pyridine rings is 2. The summed E-state index contributed by atoms with van der Waals surface area (Å²) in [6.07, 6.45) is 1.18. The Morgan fingerprint density at radius 2 is 1.77 bits per heavy atom. The number of carbonyl (C=O) groups is 4. The molecule has 1 amide bonds. The third-order valence-electron chi connectivity index (χ3n) is 9.17. The van der Waals surface area contributed by atoms with Crippen molar-refractivity contribution in [1.29, 1.82) is 0 Å². The number of esters is 2. The molecular weight excluding hydrogens is 678 g/mol. The minimum absolute atomic E-state index is 0.00948. The van der Waals surface area contributed by atoms with Gasteiger partial charge in [-0.15, -0.1) is 0 Å². The van der Waals surface area contributed by atoms with Gasteiger partial charge in [-0.1, -0.05) is 32.4 Å². The van der Waals surface area contributed by atoms with E-state index in [-0.39, 0.29) is 82.1 Å². The van der Waals surface area contributed by atoms with Crippen molar-refractivity contribution in [2.75, 3.05) is 52.8 Å². The number of nitrogens with zero attached hydrogens (tertiary/aromatic N) is 2. The van der Waals surface area contributed by atoms with Crippen molar-refractivity contribution >= 4 is 34.7 Å². The third-order valence-corrected chi connectivity index (χ3v) is 9.17. The van der Waals surface area contributed by atoms with Crippen LogP contribution < -0.4 is 10.9 Å². The van der Waals surface area contributed by atoms with Gasteiger partial charge in [0.05, 0.1) is 68.2 Å². The average Bonchev–Trinajstić information content (AvgIpc) is 3.49. The van der Waals surface area contributed by atoms with Crippen LogP contribution in [0, 0.1) is 6.92 Å². The predicted octanol–water partition coefficient (Wildman–Crippen LogP) is 2.55. The lowest BCUT2D eigenvalue weighted by Crippen LogP contribution is -2.48. The molecule has 2 aliphatic rings. The zero-order valence-electron chi connectivity index (χ0n) is 29.9. The highest BCUT2D eigenvalue weighted by molar-refractivity contribution is 5.91. The number of rotatable bonds is 19. The maximum absolute atomic E-state index is 13.9. The van der Waals surface area contributed by atoms with E-state index in [1.165, 1.54) is 0 Å². The Hall–Kier alpha value is -4.70. The quantitative estimate of drug-likeness (QED) is 0.106. The normalized spacial score (nSPS) is 16.5. The number of ether oxygens (including phenoxy) is 6. The summed E-state index contributed by atoms with van der Waals surface area (Å²) in [5.74, 6) is -3.33. The summed E-state index contributed by atoms with van der Waals surface area (Å²) in [6, 6.07) is 7.76. The second-order valence-electron chi connectivity index (χ2n) is 12.6. The molecule has 1 unspecified atom stereocenters. The van der Waals surface area contributed by atoms with Crippen molar-refractivity contribution in [2.24, 2.45) is 0 Å². The maximum atomic E-state index is 13.9. The molecule has 52 heavy (non-hydrogen) atoms. The van der Waals surface area contributed by atoms with Gasteiger partial charge in [0, 0.05) is 16.5 Å². The van der Waals surface area contributed by atoms with E-state index in [1.807, 2.05) is 26.0 Å². The number of aliphatic carboxylic acids is 1. The van der Waals surface area contributed by atoms with Crippen molar-refractivity contribution in [1.82, 2.24) is 14.9 Å². The van der Waals surface area contributed by atoms with Crippen LogP contribution in [0.4, 0.5) is 0 Å². The van der Waals surface area contributed by atoms with E-state index in [1.54, 1.807) is 17.6 Å². The van der Waals surface area contributed by atoms with Crippen molar-refractivity contribution in [2.45, 2.75) is 71.8 Å². The molecule has 0 fully saturated rings. The number of amides is 1. The summed E-state index contributed by atoms with van der Waals surface area (Å²) in [6.45, 7) is 7.39. The number of hydrogen-bond donors (Lipinski definition) is 2. The standard InChI is InChI=1S/C37H45N3O12/c1-5-23(50-13-12-49-21-32(42)43)18-47-10-11-48-20-31(41)38-16-33(44)52-37(7-3)28-15-30-34-26(17-40(30)35(45)27(28)19-51-36(37)46)24(6-2)25-14-22(4)8-9-29(25)39-34/h8-9,14-15,23H,5-7,10-13,16-21H2,1-4H3,(H,38,41)(H,42,43)/t23?,37-/m0/s1. The van der Waals surface area contributed by atoms with Crippen LogP contribution in [0.25, 0.3) is 22.3 Å². The van der Waals surface area contributed by atoms with Gasteiger partial charge in [-0.25, -0.2) is 14.6 Å². The fourth-order valence-electron chi connectivity index (χ4n) is 6.50. The Bertz CT molecular complexity index is 1890. The highest BCUT2D eigenvalue weighted by atomic mass is 16.6. The molecule has 2 aromatic heterocycles. The molecule has 0 aliphatic carbocycles. The molecule has 0 radical (unpaired) electrons. The first kappa shape index (κ1) is 38.5. The topological polar surface area (TPSA) is 191 Å². The van der Waals surface area contributed by atoms with E-state index in [4.69, 9.17) is 38.5 Å². The maximum Gasteiger partial charge on any atom is 0.355 e. The summed E-state index contributed by atoms with van der Waals surface area (Å²) in [5, 5.41) is 12.1. The zero-order chi connectivity index (χ0) is 37.4. The minimum atomic E-state index is -1.89. The first-order chi connectivity index (χ1) is 25.0. The number of carbonyl (C=O) groups excluding carboxylic acids is 3. The first-order valence-corrected chi connectivity index (χ1v) is 17.4. The number of carboxylic acid groups (broad SMARTS) is 1. The van der Waals surface area contributed by atoms with Gasteiger partial charge in [0.1, 0.15) is 26.4 Å². The molecule has 0 saturated carbocycles. The van der Waals surface area contributed by atoms with Crippen LogP contribution in [0.15, 0.2) is 29.1 Å². The monoisotopic (exact) mass is 723 g/mol. The summed E-state index contributed by atoms with van der Waals surface area (Å²) in [7, 11) is 0. The van der Waals surface area contributed by atoms with E-state index in [9.17, 15) is 24.0 Å². The van der Waals surface area contributed by atoms with E-state index in [2.05, 4.69) is 18.3 Å². The average molecular weight is 724 g/mol. The van der Waals surface area contributed by atoms with Crippen molar-refractivity contribution in [3.63, 3.8) is 0 Å². The number of hydrogen-bond acceptors (Lipinski definition) is 12. The number of cyclic esters (lactones) is 1. The van der Waals surface area contributed by atoms with E-state index >= 15 is 0 Å². The van der Waals surface area contributed by atoms with Crippen molar-refractivity contribution < 1.29 is 52.7 Å². The molecular formula is C37H45N3O12. The fraction of sp³-hybridized carbons (Fsp3) is 0.514. The van der Waals surface area contributed by atoms with Crippen LogP contribution in [-0.2, 0) is 72.8 Å². The summed E-state index contributed by atoms with van der Waals surface area (Å²) >= 11 is 0. The summed E-state index contributed by atoms with van der Waals surface area (Å²) < 4.78 is 34.3. The number of fused-ring (bicyclic) bond motifs is 5. The molecule has 4 heterocycles. The largest absolute Gasteiger partial charge is 0.480 e. The van der Waals surface area contributed by atoms with Crippen LogP contribution in [0.5, 0.6) is 0 Å². The van der Waals surface area contributed by atoms with Crippen LogP contribution in [0.2, 0.25) is 0 Å². The molecule has 2 atom stereocenters.